The molecule has 4 heteroatoms. The van der Waals surface area contributed by atoms with Gasteiger partial charge in [0, 0.05) is 21.0 Å². The molecule has 1 aromatic heterocycles. The second-order valence-electron chi connectivity index (χ2n) is 2.86. The number of nitrogen functional groups attached to an aromatic ring is 1. The van der Waals surface area contributed by atoms with Crippen LogP contribution < -0.4 is 5.73 Å². The van der Waals surface area contributed by atoms with Gasteiger partial charge in [-0.3, -0.25) is 4.79 Å². The molecular formula is C10H6N2OS. The number of hydrogen-bond donors (Lipinski definition) is 1. The van der Waals surface area contributed by atoms with Crippen molar-refractivity contribution in [3.63, 3.8) is 0 Å². The third kappa shape index (κ3) is 1.15. The molecule has 2 rings (SSSR count). The number of fused-ring (bicyclic) bond motifs is 1. The highest BCUT2D eigenvalue weighted by atomic mass is 32.1. The van der Waals surface area contributed by atoms with Crippen molar-refractivity contribution in [2.75, 3.05) is 5.73 Å². The van der Waals surface area contributed by atoms with Crippen LogP contribution in [0, 0.1) is 11.3 Å². The third-order valence-electron chi connectivity index (χ3n) is 1.99. The fraction of sp³-hybridized carbons (Fsp3) is 0. The lowest BCUT2D eigenvalue weighted by molar-refractivity contribution is 0.112. The summed E-state index contributed by atoms with van der Waals surface area (Å²) in [5.41, 5.74) is 7.28. The lowest BCUT2D eigenvalue weighted by Crippen LogP contribution is -1.88. The Labute approximate surface area is 84.4 Å². The highest BCUT2D eigenvalue weighted by Crippen LogP contribution is 2.31. The molecule has 1 aromatic carbocycles. The number of carbonyl (C=O) groups excluding carboxylic acids is 1. The van der Waals surface area contributed by atoms with Crippen LogP contribution in [0.15, 0.2) is 17.5 Å². The van der Waals surface area contributed by atoms with Crippen molar-refractivity contribution < 1.29 is 4.79 Å². The maximum absolute atomic E-state index is 10.8. The van der Waals surface area contributed by atoms with Gasteiger partial charge in [0.2, 0.25) is 0 Å². The zero-order valence-corrected chi connectivity index (χ0v) is 7.97. The zero-order valence-electron chi connectivity index (χ0n) is 7.15. The summed E-state index contributed by atoms with van der Waals surface area (Å²) < 4.78 is 0.878. The minimum Gasteiger partial charge on any atom is -0.398 e. The van der Waals surface area contributed by atoms with E-state index in [1.165, 1.54) is 11.3 Å². The number of rotatable bonds is 1. The van der Waals surface area contributed by atoms with E-state index in [1.807, 2.05) is 6.07 Å². The maximum atomic E-state index is 10.8. The first-order valence-corrected chi connectivity index (χ1v) is 4.80. The van der Waals surface area contributed by atoms with Gasteiger partial charge in [-0.1, -0.05) is 0 Å². The zero-order chi connectivity index (χ0) is 10.1. The minimum absolute atomic E-state index is 0.484. The number of nitrogens with zero attached hydrogens (tertiary/aromatic N) is 1. The number of aldehydes is 1. The van der Waals surface area contributed by atoms with Gasteiger partial charge in [-0.15, -0.1) is 11.3 Å². The van der Waals surface area contributed by atoms with Crippen LogP contribution in [0.5, 0.6) is 0 Å². The summed E-state index contributed by atoms with van der Waals surface area (Å²) in [5.74, 6) is 0. The van der Waals surface area contributed by atoms with Crippen LogP contribution in [-0.4, -0.2) is 6.29 Å². The summed E-state index contributed by atoms with van der Waals surface area (Å²) >= 11 is 1.44. The predicted octanol–water partition coefficient (Wildman–Crippen LogP) is 2.17. The molecule has 68 valence electrons. The molecule has 0 saturated heterocycles. The van der Waals surface area contributed by atoms with Gasteiger partial charge in [0.25, 0.3) is 0 Å². The van der Waals surface area contributed by atoms with Crippen LogP contribution in [0.25, 0.3) is 10.1 Å². The minimum atomic E-state index is 0.484. The van der Waals surface area contributed by atoms with Crippen molar-refractivity contribution in [2.45, 2.75) is 0 Å². The molecular weight excluding hydrogens is 196 g/mol. The normalized spacial score (nSPS) is 9.93. The Hall–Kier alpha value is -1.86. The molecule has 3 nitrogen and oxygen atoms in total. The summed E-state index contributed by atoms with van der Waals surface area (Å²) in [5, 5.41) is 11.3. The summed E-state index contributed by atoms with van der Waals surface area (Å²) in [6.07, 6.45) is 0.728. The summed E-state index contributed by atoms with van der Waals surface area (Å²) in [6, 6.07) is 5.30. The van der Waals surface area contributed by atoms with Gasteiger partial charge in [0.15, 0.2) is 6.29 Å². The molecule has 0 fully saturated rings. The molecule has 0 spiro atoms. The lowest BCUT2D eigenvalue weighted by atomic mass is 10.1. The fourth-order valence-electron chi connectivity index (χ4n) is 1.38. The van der Waals surface area contributed by atoms with Crippen molar-refractivity contribution in [3.05, 3.63) is 28.6 Å². The quantitative estimate of drug-likeness (QED) is 0.720. The number of hydrogen-bond acceptors (Lipinski definition) is 4. The van der Waals surface area contributed by atoms with E-state index in [1.54, 1.807) is 17.5 Å². The van der Waals surface area contributed by atoms with Crippen molar-refractivity contribution in [2.24, 2.45) is 0 Å². The van der Waals surface area contributed by atoms with Crippen LogP contribution in [0.2, 0.25) is 0 Å². The maximum Gasteiger partial charge on any atom is 0.150 e. The van der Waals surface area contributed by atoms with Gasteiger partial charge in [0.05, 0.1) is 17.3 Å². The second-order valence-corrected chi connectivity index (χ2v) is 3.77. The van der Waals surface area contributed by atoms with Crippen LogP contribution >= 0.6 is 11.3 Å². The first-order valence-electron chi connectivity index (χ1n) is 3.92. The van der Waals surface area contributed by atoms with Gasteiger partial charge in [0.1, 0.15) is 0 Å². The Balaban J connectivity index is 2.91. The SMILES string of the molecule is N#Cc1cc(C=O)c2c(N)csc2c1. The molecule has 0 aliphatic heterocycles. The average Bonchev–Trinajstić information content (AvgIpc) is 2.59. The van der Waals surface area contributed by atoms with E-state index >= 15 is 0 Å². The standard InChI is InChI=1S/C10H6N2OS/c11-3-6-1-7(4-13)10-8(12)5-14-9(10)2-6/h1-2,4-5H,12H2. The molecule has 2 aromatic rings. The van der Waals surface area contributed by atoms with E-state index < -0.39 is 0 Å². The van der Waals surface area contributed by atoms with Crippen LogP contribution in [0.3, 0.4) is 0 Å². The van der Waals surface area contributed by atoms with Gasteiger partial charge in [-0.2, -0.15) is 5.26 Å². The molecule has 0 aliphatic carbocycles. The number of benzene rings is 1. The molecule has 0 saturated carbocycles. The Morgan fingerprint density at radius 2 is 2.29 bits per heavy atom. The molecule has 0 unspecified atom stereocenters. The summed E-state index contributed by atoms with van der Waals surface area (Å²) in [4.78, 5) is 10.8. The number of carbonyl (C=O) groups is 1. The Morgan fingerprint density at radius 3 is 2.93 bits per heavy atom. The highest BCUT2D eigenvalue weighted by molar-refractivity contribution is 7.17. The topological polar surface area (TPSA) is 66.9 Å². The van der Waals surface area contributed by atoms with E-state index in [-0.39, 0.29) is 0 Å². The average molecular weight is 202 g/mol. The van der Waals surface area contributed by atoms with Crippen LogP contribution in [0.4, 0.5) is 5.69 Å². The fourth-order valence-corrected chi connectivity index (χ4v) is 2.30. The molecule has 0 amide bonds. The smallest absolute Gasteiger partial charge is 0.150 e. The Morgan fingerprint density at radius 1 is 1.50 bits per heavy atom. The van der Waals surface area contributed by atoms with Crippen LogP contribution in [0.1, 0.15) is 15.9 Å². The number of nitriles is 1. The van der Waals surface area contributed by atoms with E-state index in [2.05, 4.69) is 0 Å². The highest BCUT2D eigenvalue weighted by Gasteiger charge is 2.08. The van der Waals surface area contributed by atoms with Crippen LogP contribution in [-0.2, 0) is 0 Å². The number of thiophene rings is 1. The van der Waals surface area contributed by atoms with Gasteiger partial charge in [-0.05, 0) is 12.1 Å². The number of nitrogens with two attached hydrogens (primary N) is 1. The van der Waals surface area contributed by atoms with Crippen molar-refractivity contribution >= 4 is 33.4 Å². The summed E-state index contributed by atoms with van der Waals surface area (Å²) in [6.45, 7) is 0. The molecule has 1 heterocycles. The molecule has 0 aliphatic rings. The first-order chi connectivity index (χ1) is 6.76. The van der Waals surface area contributed by atoms with Gasteiger partial charge < -0.3 is 5.73 Å². The first kappa shape index (κ1) is 8.73. The van der Waals surface area contributed by atoms with Gasteiger partial charge in [-0.25, -0.2) is 0 Å². The van der Waals surface area contributed by atoms with Crippen molar-refractivity contribution in [1.29, 1.82) is 5.26 Å². The van der Waals surface area contributed by atoms with E-state index in [9.17, 15) is 4.79 Å². The van der Waals surface area contributed by atoms with Crippen molar-refractivity contribution in [1.82, 2.24) is 0 Å². The van der Waals surface area contributed by atoms with E-state index in [4.69, 9.17) is 11.0 Å². The largest absolute Gasteiger partial charge is 0.398 e. The van der Waals surface area contributed by atoms with E-state index in [0.29, 0.717) is 16.8 Å². The molecule has 2 N–H and O–H groups in total. The Bertz CT molecular complexity index is 551. The Kier molecular flexibility index (Phi) is 1.95. The number of anilines is 1. The second kappa shape index (κ2) is 3.13. The summed E-state index contributed by atoms with van der Waals surface area (Å²) in [7, 11) is 0. The monoisotopic (exact) mass is 202 g/mol. The van der Waals surface area contributed by atoms with E-state index in [0.717, 1.165) is 16.4 Å². The molecule has 0 atom stereocenters. The molecule has 0 radical (unpaired) electrons. The third-order valence-corrected chi connectivity index (χ3v) is 2.94. The molecule has 14 heavy (non-hydrogen) atoms. The van der Waals surface area contributed by atoms with Crippen molar-refractivity contribution in [3.8, 4) is 6.07 Å². The van der Waals surface area contributed by atoms with Gasteiger partial charge >= 0.3 is 0 Å². The molecule has 0 bridgehead atoms. The lowest BCUT2D eigenvalue weighted by Gasteiger charge is -1.97. The predicted molar refractivity (Wildman–Crippen MR) is 56.3 cm³/mol.